The van der Waals surface area contributed by atoms with Crippen LogP contribution < -0.4 is 4.72 Å². The Hall–Kier alpha value is -1.91. The summed E-state index contributed by atoms with van der Waals surface area (Å²) in [7, 11) is -3.64. The minimum atomic E-state index is -3.64. The SMILES string of the molecule is N#CCCNS(=O)(=O)c1ccc(C(=O)N2CCCC3CCCCC32)cc1. The highest BCUT2D eigenvalue weighted by Gasteiger charge is 2.35. The van der Waals surface area contributed by atoms with Crippen molar-refractivity contribution in [3.63, 3.8) is 0 Å². The first-order chi connectivity index (χ1) is 12.5. The molecule has 0 aromatic heterocycles. The summed E-state index contributed by atoms with van der Waals surface area (Å²) in [5.41, 5.74) is 0.534. The van der Waals surface area contributed by atoms with Crippen molar-refractivity contribution in [3.05, 3.63) is 29.8 Å². The third kappa shape index (κ3) is 4.08. The standard InChI is InChI=1S/C19H25N3O3S/c20-12-4-13-21-26(24,25)17-10-8-16(9-11-17)19(23)22-14-3-6-15-5-1-2-7-18(15)22/h8-11,15,18,21H,1-7,13-14H2. The van der Waals surface area contributed by atoms with Crippen LogP contribution in [0.1, 0.15) is 55.3 Å². The number of likely N-dealkylation sites (tertiary alicyclic amines) is 1. The Morgan fingerprint density at radius 3 is 2.58 bits per heavy atom. The fourth-order valence-electron chi connectivity index (χ4n) is 4.14. The van der Waals surface area contributed by atoms with Gasteiger partial charge in [0.2, 0.25) is 10.0 Å². The highest BCUT2D eigenvalue weighted by molar-refractivity contribution is 7.89. The van der Waals surface area contributed by atoms with Crippen LogP contribution >= 0.6 is 0 Å². The second-order valence-corrected chi connectivity index (χ2v) is 8.85. The number of benzene rings is 1. The summed E-state index contributed by atoms with van der Waals surface area (Å²) in [4.78, 5) is 15.1. The summed E-state index contributed by atoms with van der Waals surface area (Å²) < 4.78 is 26.7. The highest BCUT2D eigenvalue weighted by atomic mass is 32.2. The molecule has 2 unspecified atom stereocenters. The zero-order valence-corrected chi connectivity index (χ0v) is 15.7. The van der Waals surface area contributed by atoms with Crippen LogP contribution in [0.15, 0.2) is 29.2 Å². The Morgan fingerprint density at radius 2 is 1.85 bits per heavy atom. The predicted octanol–water partition coefficient (Wildman–Crippen LogP) is 2.67. The molecule has 3 rings (SSSR count). The van der Waals surface area contributed by atoms with Crippen molar-refractivity contribution in [3.8, 4) is 6.07 Å². The number of hydrogen-bond acceptors (Lipinski definition) is 4. The molecule has 6 nitrogen and oxygen atoms in total. The van der Waals surface area contributed by atoms with Gasteiger partial charge in [-0.05, 0) is 55.9 Å². The fourth-order valence-corrected chi connectivity index (χ4v) is 5.18. The number of nitriles is 1. The first-order valence-corrected chi connectivity index (χ1v) is 10.8. The van der Waals surface area contributed by atoms with E-state index in [4.69, 9.17) is 5.26 Å². The molecule has 1 amide bonds. The van der Waals surface area contributed by atoms with Crippen LogP contribution in [-0.4, -0.2) is 38.4 Å². The number of carbonyl (C=O) groups is 1. The second-order valence-electron chi connectivity index (χ2n) is 7.08. The lowest BCUT2D eigenvalue weighted by molar-refractivity contribution is 0.0390. The average Bonchev–Trinajstić information content (AvgIpc) is 2.67. The molecule has 2 atom stereocenters. The molecule has 140 valence electrons. The van der Waals surface area contributed by atoms with Crippen LogP contribution in [0.2, 0.25) is 0 Å². The van der Waals surface area contributed by atoms with Gasteiger partial charge in [-0.25, -0.2) is 13.1 Å². The molecule has 1 aromatic rings. The molecular weight excluding hydrogens is 350 g/mol. The van der Waals surface area contributed by atoms with Gasteiger partial charge in [0.15, 0.2) is 0 Å². The quantitative estimate of drug-likeness (QED) is 0.801. The van der Waals surface area contributed by atoms with Crippen molar-refractivity contribution in [2.24, 2.45) is 5.92 Å². The Balaban J connectivity index is 1.71. The lowest BCUT2D eigenvalue weighted by Gasteiger charge is -2.44. The Bertz CT molecular complexity index is 781. The van der Waals surface area contributed by atoms with Gasteiger partial charge in [-0.15, -0.1) is 0 Å². The zero-order chi connectivity index (χ0) is 18.6. The topological polar surface area (TPSA) is 90.3 Å². The molecule has 1 aliphatic carbocycles. The van der Waals surface area contributed by atoms with Gasteiger partial charge < -0.3 is 4.90 Å². The van der Waals surface area contributed by atoms with E-state index in [9.17, 15) is 13.2 Å². The summed E-state index contributed by atoms with van der Waals surface area (Å²) in [6.45, 7) is 0.867. The Morgan fingerprint density at radius 1 is 1.15 bits per heavy atom. The molecule has 7 heteroatoms. The van der Waals surface area contributed by atoms with E-state index in [-0.39, 0.29) is 23.8 Å². The van der Waals surface area contributed by atoms with Crippen LogP contribution in [0.25, 0.3) is 0 Å². The number of nitrogens with one attached hydrogen (secondary N) is 1. The van der Waals surface area contributed by atoms with E-state index in [2.05, 4.69) is 4.72 Å². The number of amides is 1. The molecule has 1 heterocycles. The third-order valence-electron chi connectivity index (χ3n) is 5.44. The molecule has 0 radical (unpaired) electrons. The Labute approximate surface area is 155 Å². The number of piperidine rings is 1. The van der Waals surface area contributed by atoms with E-state index in [0.717, 1.165) is 19.4 Å². The van der Waals surface area contributed by atoms with E-state index >= 15 is 0 Å². The molecule has 1 N–H and O–H groups in total. The van der Waals surface area contributed by atoms with E-state index in [1.54, 1.807) is 12.1 Å². The smallest absolute Gasteiger partial charge is 0.254 e. The average molecular weight is 375 g/mol. The zero-order valence-electron chi connectivity index (χ0n) is 14.9. The van der Waals surface area contributed by atoms with Crippen molar-refractivity contribution >= 4 is 15.9 Å². The largest absolute Gasteiger partial charge is 0.335 e. The molecule has 1 saturated carbocycles. The predicted molar refractivity (Wildman–Crippen MR) is 97.9 cm³/mol. The monoisotopic (exact) mass is 375 g/mol. The van der Waals surface area contributed by atoms with E-state index in [1.807, 2.05) is 11.0 Å². The number of hydrogen-bond donors (Lipinski definition) is 1. The molecular formula is C19H25N3O3S. The van der Waals surface area contributed by atoms with Gasteiger partial charge in [-0.1, -0.05) is 12.8 Å². The molecule has 0 spiro atoms. The van der Waals surface area contributed by atoms with Gasteiger partial charge in [0.1, 0.15) is 0 Å². The highest BCUT2D eigenvalue weighted by Crippen LogP contribution is 2.35. The minimum absolute atomic E-state index is 0.00277. The molecule has 26 heavy (non-hydrogen) atoms. The van der Waals surface area contributed by atoms with Gasteiger partial charge in [-0.3, -0.25) is 4.79 Å². The van der Waals surface area contributed by atoms with Crippen LogP contribution in [0.5, 0.6) is 0 Å². The van der Waals surface area contributed by atoms with Crippen LogP contribution in [-0.2, 0) is 10.0 Å². The summed E-state index contributed by atoms with van der Waals surface area (Å²) >= 11 is 0. The summed E-state index contributed by atoms with van der Waals surface area (Å²) in [6.07, 6.45) is 7.09. The first-order valence-electron chi connectivity index (χ1n) is 9.30. The second kappa shape index (κ2) is 8.19. The van der Waals surface area contributed by atoms with Crippen molar-refractivity contribution in [1.29, 1.82) is 5.26 Å². The number of nitrogens with zero attached hydrogens (tertiary/aromatic N) is 2. The Kier molecular flexibility index (Phi) is 5.94. The van der Waals surface area contributed by atoms with Gasteiger partial charge in [0.25, 0.3) is 5.91 Å². The number of carbonyl (C=O) groups excluding carboxylic acids is 1. The summed E-state index contributed by atoms with van der Waals surface area (Å²) in [6, 6.07) is 8.34. The van der Waals surface area contributed by atoms with Crippen molar-refractivity contribution in [1.82, 2.24) is 9.62 Å². The van der Waals surface area contributed by atoms with E-state index in [0.29, 0.717) is 17.5 Å². The van der Waals surface area contributed by atoms with Gasteiger partial charge in [0, 0.05) is 31.1 Å². The van der Waals surface area contributed by atoms with Crippen molar-refractivity contribution < 1.29 is 13.2 Å². The van der Waals surface area contributed by atoms with Crippen LogP contribution in [0, 0.1) is 17.2 Å². The van der Waals surface area contributed by atoms with Crippen LogP contribution in [0.4, 0.5) is 0 Å². The fraction of sp³-hybridized carbons (Fsp3) is 0.579. The van der Waals surface area contributed by atoms with E-state index < -0.39 is 10.0 Å². The normalized spacial score (nSPS) is 23.1. The number of sulfonamides is 1. The lowest BCUT2D eigenvalue weighted by atomic mass is 9.78. The van der Waals surface area contributed by atoms with Crippen LogP contribution in [0.3, 0.4) is 0 Å². The first kappa shape index (κ1) is 18.9. The lowest BCUT2D eigenvalue weighted by Crippen LogP contribution is -2.49. The van der Waals surface area contributed by atoms with Crippen molar-refractivity contribution in [2.75, 3.05) is 13.1 Å². The third-order valence-corrected chi connectivity index (χ3v) is 6.92. The minimum Gasteiger partial charge on any atom is -0.335 e. The molecule has 2 aliphatic rings. The van der Waals surface area contributed by atoms with Gasteiger partial charge in [-0.2, -0.15) is 5.26 Å². The summed E-state index contributed by atoms with van der Waals surface area (Å²) in [5.74, 6) is 0.619. The molecule has 0 bridgehead atoms. The van der Waals surface area contributed by atoms with Gasteiger partial charge in [0.05, 0.1) is 11.0 Å². The maximum Gasteiger partial charge on any atom is 0.254 e. The molecule has 1 aliphatic heterocycles. The van der Waals surface area contributed by atoms with Crippen molar-refractivity contribution in [2.45, 2.75) is 55.9 Å². The number of fused-ring (bicyclic) bond motifs is 1. The molecule has 1 aromatic carbocycles. The molecule has 1 saturated heterocycles. The number of rotatable bonds is 5. The van der Waals surface area contributed by atoms with E-state index in [1.165, 1.54) is 37.8 Å². The summed E-state index contributed by atoms with van der Waals surface area (Å²) in [5, 5.41) is 8.51. The maximum absolute atomic E-state index is 13.0. The molecule has 2 fully saturated rings. The maximum atomic E-state index is 13.0. The van der Waals surface area contributed by atoms with Gasteiger partial charge >= 0.3 is 0 Å².